The van der Waals surface area contributed by atoms with Gasteiger partial charge in [-0.05, 0) is 44.3 Å². The number of piperidine rings is 1. The average molecular weight is 264 g/mol. The van der Waals surface area contributed by atoms with E-state index in [4.69, 9.17) is 4.42 Å². The predicted molar refractivity (Wildman–Crippen MR) is 79.0 cm³/mol. The first kappa shape index (κ1) is 14.6. The number of hydrogen-bond acceptors (Lipinski definition) is 3. The van der Waals surface area contributed by atoms with Crippen LogP contribution < -0.4 is 5.32 Å². The molecule has 1 N–H and O–H groups in total. The molecule has 2 atom stereocenters. The van der Waals surface area contributed by atoms with Crippen LogP contribution in [0, 0.1) is 18.8 Å². The molecule has 0 aliphatic carbocycles. The van der Waals surface area contributed by atoms with Gasteiger partial charge in [0.15, 0.2) is 0 Å². The highest BCUT2D eigenvalue weighted by atomic mass is 16.3. The minimum absolute atomic E-state index is 0.808. The van der Waals surface area contributed by atoms with Crippen LogP contribution in [0.4, 0.5) is 0 Å². The summed E-state index contributed by atoms with van der Waals surface area (Å²) in [5, 5.41) is 3.31. The molecule has 1 aromatic rings. The first-order chi connectivity index (χ1) is 9.10. The van der Waals surface area contributed by atoms with Gasteiger partial charge >= 0.3 is 0 Å². The Morgan fingerprint density at radius 2 is 2.16 bits per heavy atom. The lowest BCUT2D eigenvalue weighted by Crippen LogP contribution is -2.37. The van der Waals surface area contributed by atoms with Crippen molar-refractivity contribution in [2.45, 2.75) is 47.2 Å². The van der Waals surface area contributed by atoms with Crippen LogP contribution in [0.3, 0.4) is 0 Å². The summed E-state index contributed by atoms with van der Waals surface area (Å²) in [7, 11) is 0. The van der Waals surface area contributed by atoms with Gasteiger partial charge in [0, 0.05) is 18.7 Å². The van der Waals surface area contributed by atoms with Gasteiger partial charge in [-0.25, -0.2) is 0 Å². The molecule has 0 radical (unpaired) electrons. The third kappa shape index (κ3) is 3.83. The van der Waals surface area contributed by atoms with Gasteiger partial charge < -0.3 is 9.73 Å². The maximum atomic E-state index is 5.82. The topological polar surface area (TPSA) is 28.4 Å². The van der Waals surface area contributed by atoms with Crippen molar-refractivity contribution in [3.63, 3.8) is 0 Å². The van der Waals surface area contributed by atoms with Gasteiger partial charge in [0.2, 0.25) is 0 Å². The molecule has 19 heavy (non-hydrogen) atoms. The monoisotopic (exact) mass is 264 g/mol. The minimum Gasteiger partial charge on any atom is -0.465 e. The molecule has 2 unspecified atom stereocenters. The Bertz CT molecular complexity index is 399. The largest absolute Gasteiger partial charge is 0.465 e. The summed E-state index contributed by atoms with van der Waals surface area (Å²) in [6, 6.07) is 2.22. The highest BCUT2D eigenvalue weighted by molar-refractivity contribution is 5.20. The molecule has 0 amide bonds. The molecular formula is C16H28N2O. The van der Waals surface area contributed by atoms with E-state index in [0.717, 1.165) is 43.0 Å². The molecular weight excluding hydrogens is 236 g/mol. The molecule has 1 aromatic heterocycles. The number of rotatable bonds is 5. The van der Waals surface area contributed by atoms with E-state index in [-0.39, 0.29) is 0 Å². The highest BCUT2D eigenvalue weighted by Gasteiger charge is 2.23. The fourth-order valence-corrected chi connectivity index (χ4v) is 2.81. The zero-order valence-corrected chi connectivity index (χ0v) is 12.8. The maximum absolute atomic E-state index is 5.82. The number of aryl methyl sites for hydroxylation is 1. The van der Waals surface area contributed by atoms with E-state index in [9.17, 15) is 0 Å². The van der Waals surface area contributed by atoms with Crippen LogP contribution in [-0.4, -0.2) is 24.5 Å². The van der Waals surface area contributed by atoms with Gasteiger partial charge in [-0.15, -0.1) is 0 Å². The Kier molecular flexibility index (Phi) is 5.06. The van der Waals surface area contributed by atoms with E-state index in [2.05, 4.69) is 44.0 Å². The summed E-state index contributed by atoms with van der Waals surface area (Å²) in [6.45, 7) is 14.2. The number of furan rings is 1. The van der Waals surface area contributed by atoms with E-state index in [1.165, 1.54) is 25.1 Å². The summed E-state index contributed by atoms with van der Waals surface area (Å²) in [6.07, 6.45) is 1.32. The van der Waals surface area contributed by atoms with E-state index < -0.39 is 0 Å². The van der Waals surface area contributed by atoms with Gasteiger partial charge in [0.25, 0.3) is 0 Å². The van der Waals surface area contributed by atoms with Crippen LogP contribution in [-0.2, 0) is 13.1 Å². The second-order valence-corrected chi connectivity index (χ2v) is 6.05. The van der Waals surface area contributed by atoms with Crippen molar-refractivity contribution in [3.8, 4) is 0 Å². The second kappa shape index (κ2) is 6.58. The predicted octanol–water partition coefficient (Wildman–Crippen LogP) is 3.18. The summed E-state index contributed by atoms with van der Waals surface area (Å²) in [4.78, 5) is 2.57. The van der Waals surface area contributed by atoms with Crippen LogP contribution >= 0.6 is 0 Å². The fraction of sp³-hybridized carbons (Fsp3) is 0.750. The quantitative estimate of drug-likeness (QED) is 0.885. The molecule has 2 heterocycles. The minimum atomic E-state index is 0.808. The van der Waals surface area contributed by atoms with Crippen molar-refractivity contribution in [1.29, 1.82) is 0 Å². The molecule has 1 fully saturated rings. The van der Waals surface area contributed by atoms with Crippen molar-refractivity contribution in [2.24, 2.45) is 11.8 Å². The van der Waals surface area contributed by atoms with Crippen LogP contribution in [0.25, 0.3) is 0 Å². The third-order valence-corrected chi connectivity index (χ3v) is 4.43. The molecule has 2 rings (SSSR count). The Morgan fingerprint density at radius 3 is 2.84 bits per heavy atom. The molecule has 1 saturated heterocycles. The van der Waals surface area contributed by atoms with Gasteiger partial charge in [-0.3, -0.25) is 4.90 Å². The van der Waals surface area contributed by atoms with E-state index in [0.29, 0.717) is 0 Å². The Labute approximate surface area is 117 Å². The molecule has 0 aromatic carbocycles. The standard InChI is InChI=1S/C16H28N2O/c1-5-17-9-16-8-15(14(4)19-16)11-18-7-6-12(2)13(3)10-18/h8,12-13,17H,5-7,9-11H2,1-4H3. The van der Waals surface area contributed by atoms with Gasteiger partial charge in [0.05, 0.1) is 6.54 Å². The zero-order valence-electron chi connectivity index (χ0n) is 12.8. The molecule has 1 aliphatic heterocycles. The summed E-state index contributed by atoms with van der Waals surface area (Å²) >= 11 is 0. The van der Waals surface area contributed by atoms with Gasteiger partial charge in [-0.2, -0.15) is 0 Å². The SMILES string of the molecule is CCNCc1cc(CN2CCC(C)C(C)C2)c(C)o1. The Morgan fingerprint density at radius 1 is 1.37 bits per heavy atom. The molecule has 3 nitrogen and oxygen atoms in total. The normalized spacial score (nSPS) is 24.8. The number of likely N-dealkylation sites (tertiary alicyclic amines) is 1. The van der Waals surface area contributed by atoms with Gasteiger partial charge in [0.1, 0.15) is 11.5 Å². The number of nitrogens with one attached hydrogen (secondary N) is 1. The van der Waals surface area contributed by atoms with Gasteiger partial charge in [-0.1, -0.05) is 20.8 Å². The van der Waals surface area contributed by atoms with Crippen LogP contribution in [0.15, 0.2) is 10.5 Å². The average Bonchev–Trinajstić information content (AvgIpc) is 2.72. The lowest BCUT2D eigenvalue weighted by Gasteiger charge is -2.35. The Hall–Kier alpha value is -0.800. The van der Waals surface area contributed by atoms with Crippen molar-refractivity contribution >= 4 is 0 Å². The van der Waals surface area contributed by atoms with Crippen molar-refractivity contribution in [2.75, 3.05) is 19.6 Å². The van der Waals surface area contributed by atoms with Crippen LogP contribution in [0.5, 0.6) is 0 Å². The zero-order chi connectivity index (χ0) is 13.8. The number of hydrogen-bond donors (Lipinski definition) is 1. The smallest absolute Gasteiger partial charge is 0.118 e. The van der Waals surface area contributed by atoms with E-state index >= 15 is 0 Å². The highest BCUT2D eigenvalue weighted by Crippen LogP contribution is 2.25. The molecule has 0 spiro atoms. The van der Waals surface area contributed by atoms with Crippen LogP contribution in [0.1, 0.15) is 44.3 Å². The van der Waals surface area contributed by atoms with E-state index in [1.54, 1.807) is 0 Å². The summed E-state index contributed by atoms with van der Waals surface area (Å²) in [5.74, 6) is 3.82. The van der Waals surface area contributed by atoms with Crippen LogP contribution in [0.2, 0.25) is 0 Å². The second-order valence-electron chi connectivity index (χ2n) is 6.05. The number of nitrogens with zero attached hydrogens (tertiary/aromatic N) is 1. The maximum Gasteiger partial charge on any atom is 0.118 e. The lowest BCUT2D eigenvalue weighted by molar-refractivity contribution is 0.131. The molecule has 1 aliphatic rings. The first-order valence-corrected chi connectivity index (χ1v) is 7.61. The molecule has 108 valence electrons. The molecule has 3 heteroatoms. The fourth-order valence-electron chi connectivity index (χ4n) is 2.81. The summed E-state index contributed by atoms with van der Waals surface area (Å²) < 4.78 is 5.82. The molecule has 0 bridgehead atoms. The summed E-state index contributed by atoms with van der Waals surface area (Å²) in [5.41, 5.74) is 1.36. The first-order valence-electron chi connectivity index (χ1n) is 7.61. The third-order valence-electron chi connectivity index (χ3n) is 4.43. The Balaban J connectivity index is 1.93. The van der Waals surface area contributed by atoms with E-state index in [1.807, 2.05) is 0 Å². The van der Waals surface area contributed by atoms with Crippen molar-refractivity contribution < 1.29 is 4.42 Å². The molecule has 0 saturated carbocycles. The van der Waals surface area contributed by atoms with Crippen molar-refractivity contribution in [3.05, 3.63) is 23.2 Å². The lowest BCUT2D eigenvalue weighted by atomic mass is 9.88. The van der Waals surface area contributed by atoms with Crippen molar-refractivity contribution in [1.82, 2.24) is 10.2 Å².